The standard InChI is InChI=1S/C6H7N5/c7-6(8)11-10-5-3-1-2-4-9-5/h1-4H,(H3,7,8). The van der Waals surface area contributed by atoms with Gasteiger partial charge in [-0.05, 0) is 12.1 Å². The number of guanidine groups is 1. The second-order valence-electron chi connectivity index (χ2n) is 1.77. The number of rotatable bonds is 1. The average Bonchev–Trinajstić information content (AvgIpc) is 2.03. The van der Waals surface area contributed by atoms with Crippen LogP contribution in [0.5, 0.6) is 0 Å². The maximum absolute atomic E-state index is 6.73. The van der Waals surface area contributed by atoms with Crippen LogP contribution in [0.3, 0.4) is 0 Å². The van der Waals surface area contributed by atoms with Crippen LogP contribution in [0.25, 0.3) is 0 Å². The van der Waals surface area contributed by atoms with Gasteiger partial charge < -0.3 is 5.73 Å². The number of nitrogens with zero attached hydrogens (tertiary/aromatic N) is 3. The van der Waals surface area contributed by atoms with E-state index in [1.54, 1.807) is 24.4 Å². The second-order valence-corrected chi connectivity index (χ2v) is 1.77. The van der Waals surface area contributed by atoms with E-state index in [4.69, 9.17) is 11.1 Å². The molecule has 3 N–H and O–H groups in total. The Bertz CT molecular complexity index is 266. The quantitative estimate of drug-likeness (QED) is 0.355. The Kier molecular flexibility index (Phi) is 2.27. The smallest absolute Gasteiger partial charge is 0.232 e. The molecule has 0 saturated heterocycles. The maximum atomic E-state index is 6.73. The monoisotopic (exact) mass is 149 g/mol. The minimum Gasteiger partial charge on any atom is -0.367 e. The Hall–Kier alpha value is -1.78. The average molecular weight is 149 g/mol. The summed E-state index contributed by atoms with van der Waals surface area (Å²) in [6, 6.07) is 5.22. The van der Waals surface area contributed by atoms with Crippen LogP contribution in [0.15, 0.2) is 34.6 Å². The summed E-state index contributed by atoms with van der Waals surface area (Å²) in [4.78, 5) is 3.84. The van der Waals surface area contributed by atoms with E-state index in [1.807, 2.05) is 0 Å². The van der Waals surface area contributed by atoms with E-state index < -0.39 is 0 Å². The zero-order chi connectivity index (χ0) is 8.10. The summed E-state index contributed by atoms with van der Waals surface area (Å²) in [5, 5.41) is 13.6. The SMILES string of the molecule is N=C(N)N=Nc1ccccn1. The van der Waals surface area contributed by atoms with E-state index >= 15 is 0 Å². The molecule has 0 amide bonds. The van der Waals surface area contributed by atoms with Crippen LogP contribution in [-0.2, 0) is 0 Å². The molecule has 0 fully saturated rings. The number of nitrogens with two attached hydrogens (primary N) is 1. The molecular formula is C6H7N5. The highest BCUT2D eigenvalue weighted by Crippen LogP contribution is 2.04. The third-order valence-corrected chi connectivity index (χ3v) is 0.909. The molecule has 5 heteroatoms. The molecule has 1 aromatic heterocycles. The van der Waals surface area contributed by atoms with Crippen LogP contribution in [0, 0.1) is 5.41 Å². The van der Waals surface area contributed by atoms with Gasteiger partial charge >= 0.3 is 0 Å². The summed E-state index contributed by atoms with van der Waals surface area (Å²) >= 11 is 0. The van der Waals surface area contributed by atoms with Crippen molar-refractivity contribution in [3.8, 4) is 0 Å². The van der Waals surface area contributed by atoms with E-state index in [0.717, 1.165) is 0 Å². The van der Waals surface area contributed by atoms with Crippen molar-refractivity contribution in [3.63, 3.8) is 0 Å². The predicted octanol–water partition coefficient (Wildman–Crippen LogP) is 1.06. The summed E-state index contributed by atoms with van der Waals surface area (Å²) in [6.07, 6.45) is 1.59. The molecule has 1 heterocycles. The van der Waals surface area contributed by atoms with Gasteiger partial charge in [-0.25, -0.2) is 4.98 Å². The minimum absolute atomic E-state index is 0.323. The first-order valence-corrected chi connectivity index (χ1v) is 2.96. The first-order valence-electron chi connectivity index (χ1n) is 2.96. The zero-order valence-electron chi connectivity index (χ0n) is 5.73. The predicted molar refractivity (Wildman–Crippen MR) is 40.7 cm³/mol. The molecular weight excluding hydrogens is 142 g/mol. The maximum Gasteiger partial charge on any atom is 0.232 e. The van der Waals surface area contributed by atoms with Crippen molar-refractivity contribution in [1.82, 2.24) is 4.98 Å². The molecule has 0 unspecified atom stereocenters. The summed E-state index contributed by atoms with van der Waals surface area (Å²) in [5.74, 6) is 0.123. The van der Waals surface area contributed by atoms with Gasteiger partial charge in [0.2, 0.25) is 5.96 Å². The molecule has 1 rings (SSSR count). The molecule has 0 bridgehead atoms. The third-order valence-electron chi connectivity index (χ3n) is 0.909. The Morgan fingerprint density at radius 2 is 2.36 bits per heavy atom. The summed E-state index contributed by atoms with van der Waals surface area (Å²) < 4.78 is 0. The van der Waals surface area contributed by atoms with Gasteiger partial charge in [0.05, 0.1) is 0 Å². The van der Waals surface area contributed by atoms with Gasteiger partial charge in [0.15, 0.2) is 5.82 Å². The van der Waals surface area contributed by atoms with E-state index in [1.165, 1.54) is 0 Å². The molecule has 0 aromatic carbocycles. The topological polar surface area (TPSA) is 87.5 Å². The number of hydrogen-bond acceptors (Lipinski definition) is 3. The Morgan fingerprint density at radius 1 is 1.55 bits per heavy atom. The van der Waals surface area contributed by atoms with Gasteiger partial charge in [-0.1, -0.05) is 6.07 Å². The van der Waals surface area contributed by atoms with Gasteiger partial charge in [0.25, 0.3) is 0 Å². The lowest BCUT2D eigenvalue weighted by Crippen LogP contribution is -2.03. The van der Waals surface area contributed by atoms with Gasteiger partial charge in [0.1, 0.15) is 0 Å². The van der Waals surface area contributed by atoms with Gasteiger partial charge in [-0.3, -0.25) is 5.41 Å². The molecule has 0 saturated carbocycles. The third kappa shape index (κ3) is 2.53. The van der Waals surface area contributed by atoms with Gasteiger partial charge in [-0.2, -0.15) is 0 Å². The van der Waals surface area contributed by atoms with Crippen molar-refractivity contribution < 1.29 is 0 Å². The first kappa shape index (κ1) is 7.33. The molecule has 0 spiro atoms. The van der Waals surface area contributed by atoms with Crippen LogP contribution < -0.4 is 5.73 Å². The Morgan fingerprint density at radius 3 is 2.91 bits per heavy atom. The van der Waals surface area contributed by atoms with E-state index in [9.17, 15) is 0 Å². The number of hydrogen-bond donors (Lipinski definition) is 2. The molecule has 0 atom stereocenters. The zero-order valence-corrected chi connectivity index (χ0v) is 5.73. The number of azo groups is 1. The number of pyridine rings is 1. The summed E-state index contributed by atoms with van der Waals surface area (Å²) in [7, 11) is 0. The van der Waals surface area contributed by atoms with E-state index in [0.29, 0.717) is 5.82 Å². The van der Waals surface area contributed by atoms with Crippen molar-refractivity contribution in [2.45, 2.75) is 0 Å². The Labute approximate surface area is 63.5 Å². The molecule has 1 aromatic rings. The summed E-state index contributed by atoms with van der Waals surface area (Å²) in [5.41, 5.74) is 4.94. The molecule has 0 radical (unpaired) electrons. The fourth-order valence-corrected chi connectivity index (χ4v) is 0.518. The van der Waals surface area contributed by atoms with Crippen molar-refractivity contribution in [1.29, 1.82) is 5.41 Å². The molecule has 11 heavy (non-hydrogen) atoms. The number of nitrogens with one attached hydrogen (secondary N) is 1. The lowest BCUT2D eigenvalue weighted by molar-refractivity contribution is 1.15. The highest BCUT2D eigenvalue weighted by molar-refractivity contribution is 5.74. The van der Waals surface area contributed by atoms with Crippen molar-refractivity contribution in [2.24, 2.45) is 16.0 Å². The van der Waals surface area contributed by atoms with Crippen LogP contribution in [0.2, 0.25) is 0 Å². The van der Waals surface area contributed by atoms with Gasteiger partial charge in [0, 0.05) is 6.20 Å². The van der Waals surface area contributed by atoms with Crippen LogP contribution >= 0.6 is 0 Å². The van der Waals surface area contributed by atoms with Crippen LogP contribution in [0.1, 0.15) is 0 Å². The first-order chi connectivity index (χ1) is 5.29. The van der Waals surface area contributed by atoms with Gasteiger partial charge in [-0.15, -0.1) is 10.2 Å². The fourth-order valence-electron chi connectivity index (χ4n) is 0.518. The highest BCUT2D eigenvalue weighted by Gasteiger charge is 1.85. The number of aromatic nitrogens is 1. The summed E-state index contributed by atoms with van der Waals surface area (Å²) in [6.45, 7) is 0. The van der Waals surface area contributed by atoms with Crippen LogP contribution in [-0.4, -0.2) is 10.9 Å². The lowest BCUT2D eigenvalue weighted by atomic mass is 10.5. The molecule has 0 aliphatic heterocycles. The minimum atomic E-state index is -0.323. The largest absolute Gasteiger partial charge is 0.367 e. The second kappa shape index (κ2) is 3.40. The van der Waals surface area contributed by atoms with E-state index in [2.05, 4.69) is 15.2 Å². The van der Waals surface area contributed by atoms with E-state index in [-0.39, 0.29) is 5.96 Å². The molecule has 56 valence electrons. The Balaban J connectivity index is 2.72. The van der Waals surface area contributed by atoms with Crippen LogP contribution in [0.4, 0.5) is 5.82 Å². The van der Waals surface area contributed by atoms with Crippen molar-refractivity contribution in [2.75, 3.05) is 0 Å². The van der Waals surface area contributed by atoms with Crippen molar-refractivity contribution >= 4 is 11.8 Å². The molecule has 5 nitrogen and oxygen atoms in total. The molecule has 0 aliphatic carbocycles. The fraction of sp³-hybridized carbons (Fsp3) is 0. The normalized spacial score (nSPS) is 10.2. The van der Waals surface area contributed by atoms with Crippen molar-refractivity contribution in [3.05, 3.63) is 24.4 Å². The lowest BCUT2D eigenvalue weighted by Gasteiger charge is -1.86. The molecule has 0 aliphatic rings. The highest BCUT2D eigenvalue weighted by atomic mass is 15.2.